The van der Waals surface area contributed by atoms with Gasteiger partial charge in [-0.05, 0) is 11.4 Å². The lowest BCUT2D eigenvalue weighted by molar-refractivity contribution is 0.402. The van der Waals surface area contributed by atoms with Gasteiger partial charge < -0.3 is 5.11 Å². The molecule has 0 radical (unpaired) electrons. The zero-order chi connectivity index (χ0) is 8.69. The minimum absolute atomic E-state index is 0.234. The molecule has 11 heavy (non-hydrogen) atoms. The predicted molar refractivity (Wildman–Crippen MR) is 51.1 cm³/mol. The summed E-state index contributed by atoms with van der Waals surface area (Å²) < 4.78 is 0. The van der Waals surface area contributed by atoms with Gasteiger partial charge in [0.25, 0.3) is 0 Å². The van der Waals surface area contributed by atoms with Crippen molar-refractivity contribution in [2.75, 3.05) is 0 Å². The van der Waals surface area contributed by atoms with Gasteiger partial charge in [0, 0.05) is 11.3 Å². The average molecular weight is 170 g/mol. The molecule has 0 atom stereocenters. The van der Waals surface area contributed by atoms with E-state index in [0.717, 1.165) is 4.88 Å². The molecule has 2 heteroatoms. The maximum Gasteiger partial charge on any atom is 0.0903 e. The fourth-order valence-corrected chi connectivity index (χ4v) is 1.35. The zero-order valence-electron chi connectivity index (χ0n) is 7.00. The van der Waals surface area contributed by atoms with Gasteiger partial charge in [-0.3, -0.25) is 0 Å². The van der Waals surface area contributed by atoms with E-state index in [1.807, 2.05) is 31.4 Å². The van der Waals surface area contributed by atoms with Gasteiger partial charge in [0.15, 0.2) is 0 Å². The smallest absolute Gasteiger partial charge is 0.0903 e. The summed E-state index contributed by atoms with van der Waals surface area (Å²) in [5.41, 5.74) is 0. The number of hydrogen-bond acceptors (Lipinski definition) is 2. The van der Waals surface area contributed by atoms with Gasteiger partial charge in [-0.1, -0.05) is 26.5 Å². The van der Waals surface area contributed by atoms with Gasteiger partial charge >= 0.3 is 0 Å². The Labute approximate surface area is 72.0 Å². The highest BCUT2D eigenvalue weighted by Crippen LogP contribution is 2.11. The molecule has 0 bridgehead atoms. The summed E-state index contributed by atoms with van der Waals surface area (Å²) in [7, 11) is 0. The lowest BCUT2D eigenvalue weighted by Gasteiger charge is -1.90. The quantitative estimate of drug-likeness (QED) is 0.674. The predicted octanol–water partition coefficient (Wildman–Crippen LogP) is 3.39. The summed E-state index contributed by atoms with van der Waals surface area (Å²) in [5, 5.41) is 10.7. The van der Waals surface area contributed by atoms with Crippen LogP contribution in [-0.2, 0) is 6.42 Å². The fourth-order valence-electron chi connectivity index (χ4n) is 0.614. The van der Waals surface area contributed by atoms with Crippen molar-refractivity contribution >= 4 is 11.3 Å². The van der Waals surface area contributed by atoms with Crippen molar-refractivity contribution in [3.8, 4) is 0 Å². The molecular formula is C9H14OS. The second-order valence-corrected chi connectivity index (χ2v) is 2.85. The molecule has 1 aromatic heterocycles. The molecule has 1 heterocycles. The first-order valence-electron chi connectivity index (χ1n) is 3.68. The van der Waals surface area contributed by atoms with Gasteiger partial charge in [0.1, 0.15) is 0 Å². The van der Waals surface area contributed by atoms with Crippen molar-refractivity contribution in [3.63, 3.8) is 0 Å². The van der Waals surface area contributed by atoms with Crippen LogP contribution in [0.15, 0.2) is 29.9 Å². The number of rotatable bonds is 2. The molecule has 0 aliphatic heterocycles. The molecule has 0 aromatic carbocycles. The topological polar surface area (TPSA) is 20.2 Å². The average Bonchev–Trinajstić information content (AvgIpc) is 2.43. The van der Waals surface area contributed by atoms with Gasteiger partial charge in [0.2, 0.25) is 0 Å². The van der Waals surface area contributed by atoms with E-state index in [1.165, 1.54) is 0 Å². The number of hydrogen-bond donors (Lipinski definition) is 1. The van der Waals surface area contributed by atoms with E-state index in [1.54, 1.807) is 11.3 Å². The van der Waals surface area contributed by atoms with Crippen molar-refractivity contribution in [1.29, 1.82) is 0 Å². The first kappa shape index (κ1) is 10.2. The Morgan fingerprint density at radius 3 is 2.64 bits per heavy atom. The van der Waals surface area contributed by atoms with Crippen LogP contribution >= 0.6 is 11.3 Å². The Hall–Kier alpha value is -0.760. The third-order valence-corrected chi connectivity index (χ3v) is 1.83. The van der Waals surface area contributed by atoms with Crippen LogP contribution in [0.4, 0.5) is 0 Å². The fraction of sp³-hybridized carbons (Fsp3) is 0.333. The van der Waals surface area contributed by atoms with Crippen LogP contribution in [0, 0.1) is 0 Å². The highest BCUT2D eigenvalue weighted by Gasteiger charge is 1.93. The molecule has 0 unspecified atom stereocenters. The first-order valence-corrected chi connectivity index (χ1v) is 4.56. The number of aliphatic hydroxyl groups excluding tert-OH is 1. The maximum absolute atomic E-state index is 8.74. The Bertz CT molecular complexity index is 189. The Morgan fingerprint density at radius 2 is 2.27 bits per heavy atom. The van der Waals surface area contributed by atoms with Crippen LogP contribution in [0.3, 0.4) is 0 Å². The zero-order valence-corrected chi connectivity index (χ0v) is 7.82. The summed E-state index contributed by atoms with van der Waals surface area (Å²) in [6.45, 7) is 7.39. The molecule has 1 nitrogen and oxygen atoms in total. The van der Waals surface area contributed by atoms with Gasteiger partial charge in [-0.2, -0.15) is 0 Å². The van der Waals surface area contributed by atoms with Gasteiger partial charge in [0.05, 0.1) is 5.76 Å². The van der Waals surface area contributed by atoms with Crippen LogP contribution in [0.2, 0.25) is 0 Å². The van der Waals surface area contributed by atoms with E-state index in [2.05, 4.69) is 6.58 Å². The Kier molecular flexibility index (Phi) is 5.57. The van der Waals surface area contributed by atoms with E-state index in [-0.39, 0.29) is 5.76 Å². The highest BCUT2D eigenvalue weighted by molar-refractivity contribution is 7.09. The standard InChI is InChI=1S/C7H8OS.C2H6/c1-6(8)5-7-3-2-4-9-7;1-2/h2-4,8H,1,5H2;1-2H3. The SMILES string of the molecule is C=C(O)Cc1cccs1.CC. The van der Waals surface area contributed by atoms with E-state index < -0.39 is 0 Å². The third kappa shape index (κ3) is 4.62. The molecule has 1 aromatic rings. The molecule has 1 rings (SSSR count). The summed E-state index contributed by atoms with van der Waals surface area (Å²) in [5.74, 6) is 0.234. The van der Waals surface area contributed by atoms with E-state index in [4.69, 9.17) is 5.11 Å². The molecule has 0 saturated carbocycles. The van der Waals surface area contributed by atoms with Crippen molar-refractivity contribution in [2.45, 2.75) is 20.3 Å². The first-order chi connectivity index (χ1) is 5.29. The second kappa shape index (κ2) is 5.98. The molecule has 0 amide bonds. The largest absolute Gasteiger partial charge is 0.513 e. The molecule has 0 aliphatic carbocycles. The van der Waals surface area contributed by atoms with Crippen LogP contribution < -0.4 is 0 Å². The maximum atomic E-state index is 8.74. The Balaban J connectivity index is 0.000000461. The van der Waals surface area contributed by atoms with E-state index in [0.29, 0.717) is 6.42 Å². The lowest BCUT2D eigenvalue weighted by atomic mass is 10.3. The number of thiophene rings is 1. The number of aliphatic hydroxyl groups is 1. The van der Waals surface area contributed by atoms with E-state index >= 15 is 0 Å². The van der Waals surface area contributed by atoms with E-state index in [9.17, 15) is 0 Å². The minimum atomic E-state index is 0.234. The van der Waals surface area contributed by atoms with Gasteiger partial charge in [-0.15, -0.1) is 11.3 Å². The van der Waals surface area contributed by atoms with Crippen molar-refractivity contribution in [3.05, 3.63) is 34.7 Å². The van der Waals surface area contributed by atoms with Crippen molar-refractivity contribution in [2.24, 2.45) is 0 Å². The summed E-state index contributed by atoms with van der Waals surface area (Å²) in [4.78, 5) is 1.16. The molecular weight excluding hydrogens is 156 g/mol. The van der Waals surface area contributed by atoms with Crippen molar-refractivity contribution < 1.29 is 5.11 Å². The third-order valence-electron chi connectivity index (χ3n) is 0.958. The van der Waals surface area contributed by atoms with Crippen molar-refractivity contribution in [1.82, 2.24) is 0 Å². The summed E-state index contributed by atoms with van der Waals surface area (Å²) in [6.07, 6.45) is 0.595. The normalized spacial score (nSPS) is 8.18. The minimum Gasteiger partial charge on any atom is -0.513 e. The van der Waals surface area contributed by atoms with Crippen LogP contribution in [0.25, 0.3) is 0 Å². The Morgan fingerprint density at radius 1 is 1.64 bits per heavy atom. The van der Waals surface area contributed by atoms with Crippen LogP contribution in [0.1, 0.15) is 18.7 Å². The number of allylic oxidation sites excluding steroid dienone is 1. The van der Waals surface area contributed by atoms with Crippen LogP contribution in [0.5, 0.6) is 0 Å². The lowest BCUT2D eigenvalue weighted by Crippen LogP contribution is -1.81. The monoisotopic (exact) mass is 170 g/mol. The highest BCUT2D eigenvalue weighted by atomic mass is 32.1. The molecule has 0 fully saturated rings. The van der Waals surface area contributed by atoms with Gasteiger partial charge in [-0.25, -0.2) is 0 Å². The van der Waals surface area contributed by atoms with Crippen LogP contribution in [-0.4, -0.2) is 5.11 Å². The molecule has 1 N–H and O–H groups in total. The second-order valence-electron chi connectivity index (χ2n) is 1.82. The molecule has 0 aliphatic rings. The molecule has 62 valence electrons. The summed E-state index contributed by atoms with van der Waals surface area (Å²) >= 11 is 1.63. The molecule has 0 saturated heterocycles. The summed E-state index contributed by atoms with van der Waals surface area (Å²) in [6, 6.07) is 3.94. The molecule has 0 spiro atoms.